The van der Waals surface area contributed by atoms with E-state index in [0.29, 0.717) is 17.0 Å². The number of piperidine rings is 1. The van der Waals surface area contributed by atoms with Gasteiger partial charge in [0.05, 0.1) is 19.4 Å². The minimum absolute atomic E-state index is 0.0489. The Kier molecular flexibility index (Phi) is 5.59. The van der Waals surface area contributed by atoms with E-state index in [-0.39, 0.29) is 23.5 Å². The predicted molar refractivity (Wildman–Crippen MR) is 137 cm³/mol. The van der Waals surface area contributed by atoms with E-state index in [1.165, 1.54) is 5.69 Å². The Balaban J connectivity index is 1.12. The van der Waals surface area contributed by atoms with Crippen LogP contribution in [0.4, 0.5) is 39.2 Å². The Morgan fingerprint density at radius 2 is 1.78 bits per heavy atom. The van der Waals surface area contributed by atoms with Crippen molar-refractivity contribution in [3.8, 4) is 5.75 Å². The monoisotopic (exact) mass is 505 g/mol. The van der Waals surface area contributed by atoms with Gasteiger partial charge in [-0.25, -0.2) is 14.4 Å². The summed E-state index contributed by atoms with van der Waals surface area (Å²) in [5.41, 5.74) is 1.36. The molecule has 3 aromatic rings. The van der Waals surface area contributed by atoms with E-state index in [1.807, 2.05) is 12.1 Å². The number of hydrogen-bond acceptors (Lipinski definition) is 9. The Morgan fingerprint density at radius 3 is 2.49 bits per heavy atom. The molecule has 2 fully saturated rings. The summed E-state index contributed by atoms with van der Waals surface area (Å²) in [7, 11) is 0. The normalized spacial score (nSPS) is 19.3. The molecule has 0 radical (unpaired) electrons. The molecule has 3 aliphatic heterocycles. The standard InChI is InChI=1S/C26H28FN7O3/c1-25(2)23(35)32-22-19(37-25)7-8-20(31-22)30-21-18(27)13-28-24(33-21)29-16-3-5-17(6-4-16)34-11-9-26(10-12-34)14-36-15-26/h3-8,13H,9-12,14-15H2,1-2H3,(H3,28,29,30,31,32,33,35). The number of pyridine rings is 1. The van der Waals surface area contributed by atoms with Crippen LogP contribution in [-0.4, -0.2) is 52.8 Å². The molecule has 0 aliphatic carbocycles. The number of anilines is 6. The van der Waals surface area contributed by atoms with Crippen molar-refractivity contribution in [1.29, 1.82) is 0 Å². The molecular weight excluding hydrogens is 477 g/mol. The lowest BCUT2D eigenvalue weighted by Gasteiger charge is -2.47. The van der Waals surface area contributed by atoms with Gasteiger partial charge in [0.15, 0.2) is 28.8 Å². The Bertz CT molecular complexity index is 1330. The highest BCUT2D eigenvalue weighted by Crippen LogP contribution is 2.39. The van der Waals surface area contributed by atoms with Crippen LogP contribution in [0.25, 0.3) is 0 Å². The molecule has 1 spiro atoms. The zero-order valence-corrected chi connectivity index (χ0v) is 20.7. The lowest BCUT2D eigenvalue weighted by atomic mass is 9.77. The second kappa shape index (κ2) is 8.84. The molecule has 10 nitrogen and oxygen atoms in total. The van der Waals surface area contributed by atoms with Gasteiger partial charge in [0.2, 0.25) is 5.95 Å². The van der Waals surface area contributed by atoms with Crippen molar-refractivity contribution in [3.63, 3.8) is 0 Å². The first-order valence-electron chi connectivity index (χ1n) is 12.3. The topological polar surface area (TPSA) is 114 Å². The molecule has 0 unspecified atom stereocenters. The third-order valence-corrected chi connectivity index (χ3v) is 7.12. The van der Waals surface area contributed by atoms with Gasteiger partial charge in [-0.2, -0.15) is 4.98 Å². The van der Waals surface area contributed by atoms with Gasteiger partial charge in [-0.05, 0) is 63.1 Å². The number of nitrogens with one attached hydrogen (secondary N) is 3. The summed E-state index contributed by atoms with van der Waals surface area (Å²) in [5.74, 6) is 0.226. The second-order valence-electron chi connectivity index (χ2n) is 10.3. The molecule has 3 aliphatic rings. The number of amides is 1. The van der Waals surface area contributed by atoms with Gasteiger partial charge in [0.1, 0.15) is 5.82 Å². The van der Waals surface area contributed by atoms with Gasteiger partial charge in [0.25, 0.3) is 5.91 Å². The van der Waals surface area contributed by atoms with Crippen LogP contribution in [0.5, 0.6) is 5.75 Å². The minimum Gasteiger partial charge on any atom is -0.474 e. The SMILES string of the molecule is CC1(C)Oc2ccc(Nc3nc(Nc4ccc(N5CCC6(CC5)COC6)cc4)ncc3F)nc2NC1=O. The van der Waals surface area contributed by atoms with Crippen molar-refractivity contribution in [3.05, 3.63) is 48.4 Å². The van der Waals surface area contributed by atoms with Crippen molar-refractivity contribution >= 4 is 40.7 Å². The van der Waals surface area contributed by atoms with Gasteiger partial charge in [-0.15, -0.1) is 0 Å². The van der Waals surface area contributed by atoms with E-state index in [0.717, 1.165) is 51.0 Å². The summed E-state index contributed by atoms with van der Waals surface area (Å²) >= 11 is 0. The molecule has 0 atom stereocenters. The molecule has 3 N–H and O–H groups in total. The lowest BCUT2D eigenvalue weighted by Crippen LogP contribution is -2.50. The average Bonchev–Trinajstić information content (AvgIpc) is 2.86. The highest BCUT2D eigenvalue weighted by molar-refractivity contribution is 5.99. The van der Waals surface area contributed by atoms with Crippen LogP contribution in [0.2, 0.25) is 0 Å². The molecule has 6 rings (SSSR count). The Morgan fingerprint density at radius 1 is 1.03 bits per heavy atom. The van der Waals surface area contributed by atoms with Crippen LogP contribution >= 0.6 is 0 Å². The van der Waals surface area contributed by atoms with Crippen LogP contribution in [0, 0.1) is 11.2 Å². The number of carbonyl (C=O) groups excluding carboxylic acids is 1. The van der Waals surface area contributed by atoms with Gasteiger partial charge < -0.3 is 30.3 Å². The summed E-state index contributed by atoms with van der Waals surface area (Å²) in [5, 5.41) is 8.68. The number of ether oxygens (including phenoxy) is 2. The summed E-state index contributed by atoms with van der Waals surface area (Å²) in [6.07, 6.45) is 3.40. The third kappa shape index (κ3) is 4.62. The fourth-order valence-electron chi connectivity index (χ4n) is 4.71. The zero-order chi connectivity index (χ0) is 25.6. The second-order valence-corrected chi connectivity index (χ2v) is 10.3. The van der Waals surface area contributed by atoms with Gasteiger partial charge in [-0.3, -0.25) is 4.79 Å². The predicted octanol–water partition coefficient (Wildman–Crippen LogP) is 4.22. The van der Waals surface area contributed by atoms with Crippen LogP contribution in [0.15, 0.2) is 42.6 Å². The number of carbonyl (C=O) groups is 1. The maximum absolute atomic E-state index is 14.5. The fraction of sp³-hybridized carbons (Fsp3) is 0.385. The molecule has 2 saturated heterocycles. The van der Waals surface area contributed by atoms with Crippen LogP contribution < -0.4 is 25.6 Å². The maximum Gasteiger partial charge on any atom is 0.269 e. The molecule has 192 valence electrons. The van der Waals surface area contributed by atoms with E-state index < -0.39 is 11.4 Å². The fourth-order valence-corrected chi connectivity index (χ4v) is 4.71. The molecular formula is C26H28FN7O3. The number of fused-ring (bicyclic) bond motifs is 1. The summed E-state index contributed by atoms with van der Waals surface area (Å²) in [4.78, 5) is 27.2. The number of rotatable bonds is 5. The van der Waals surface area contributed by atoms with Gasteiger partial charge in [-0.1, -0.05) is 0 Å². The number of benzene rings is 1. The molecule has 11 heteroatoms. The van der Waals surface area contributed by atoms with Crippen molar-refractivity contribution in [2.24, 2.45) is 5.41 Å². The van der Waals surface area contributed by atoms with E-state index in [2.05, 4.69) is 47.9 Å². The first-order valence-corrected chi connectivity index (χ1v) is 12.3. The molecule has 2 aromatic heterocycles. The summed E-state index contributed by atoms with van der Waals surface area (Å²) < 4.78 is 25.6. The highest BCUT2D eigenvalue weighted by Gasteiger charge is 2.41. The maximum atomic E-state index is 14.5. The van der Waals surface area contributed by atoms with Gasteiger partial charge >= 0.3 is 0 Å². The summed E-state index contributed by atoms with van der Waals surface area (Å²) in [6.45, 7) is 7.17. The van der Waals surface area contributed by atoms with Crippen molar-refractivity contribution < 1.29 is 18.7 Å². The molecule has 1 aromatic carbocycles. The van der Waals surface area contributed by atoms with Crippen LogP contribution in [0.1, 0.15) is 26.7 Å². The first-order chi connectivity index (χ1) is 17.8. The Hall–Kier alpha value is -3.99. The van der Waals surface area contributed by atoms with E-state index >= 15 is 0 Å². The van der Waals surface area contributed by atoms with Crippen molar-refractivity contribution in [2.45, 2.75) is 32.3 Å². The number of hydrogen-bond donors (Lipinski definition) is 3. The number of nitrogens with zero attached hydrogens (tertiary/aromatic N) is 4. The number of aromatic nitrogens is 3. The molecule has 37 heavy (non-hydrogen) atoms. The number of halogens is 1. The van der Waals surface area contributed by atoms with E-state index in [1.54, 1.807) is 26.0 Å². The summed E-state index contributed by atoms with van der Waals surface area (Å²) in [6, 6.07) is 11.3. The Labute approximate surface area is 213 Å². The minimum atomic E-state index is -0.997. The quantitative estimate of drug-likeness (QED) is 0.469. The molecule has 5 heterocycles. The third-order valence-electron chi connectivity index (χ3n) is 7.12. The van der Waals surface area contributed by atoms with Gasteiger partial charge in [0, 0.05) is 29.9 Å². The van der Waals surface area contributed by atoms with Crippen molar-refractivity contribution in [1.82, 2.24) is 15.0 Å². The van der Waals surface area contributed by atoms with Crippen LogP contribution in [-0.2, 0) is 9.53 Å². The molecule has 1 amide bonds. The first kappa shape index (κ1) is 23.4. The molecule has 0 bridgehead atoms. The molecule has 0 saturated carbocycles. The largest absolute Gasteiger partial charge is 0.474 e. The highest BCUT2D eigenvalue weighted by atomic mass is 19.1. The van der Waals surface area contributed by atoms with E-state index in [4.69, 9.17) is 9.47 Å². The zero-order valence-electron chi connectivity index (χ0n) is 20.7. The lowest BCUT2D eigenvalue weighted by molar-refractivity contribution is -0.129. The van der Waals surface area contributed by atoms with Crippen molar-refractivity contribution in [2.75, 3.05) is 47.2 Å². The van der Waals surface area contributed by atoms with Crippen LogP contribution in [0.3, 0.4) is 0 Å². The smallest absolute Gasteiger partial charge is 0.269 e. The average molecular weight is 506 g/mol. The van der Waals surface area contributed by atoms with E-state index in [9.17, 15) is 9.18 Å².